The fraction of sp³-hybridized carbons (Fsp3) is 0.455. The third-order valence-corrected chi connectivity index (χ3v) is 5.80. The molecule has 6 heteroatoms. The molecule has 28 heavy (non-hydrogen) atoms. The summed E-state index contributed by atoms with van der Waals surface area (Å²) in [5, 5.41) is 1.84. The standard InChI is InChI=1S/C22H27N3O3/c1-28-20-10-9-19(17-7-3-4-8-18(17)20)21(26)23-13-15-25(16-14-23)22(27)24-11-5-2-6-12-24/h3-4,7-10H,2,5-6,11-16H2,1H3. The van der Waals surface area contributed by atoms with Crippen molar-refractivity contribution in [3.63, 3.8) is 0 Å². The fourth-order valence-electron chi connectivity index (χ4n) is 4.19. The summed E-state index contributed by atoms with van der Waals surface area (Å²) < 4.78 is 5.43. The minimum atomic E-state index is 0.0175. The molecule has 0 atom stereocenters. The smallest absolute Gasteiger partial charge is 0.320 e. The van der Waals surface area contributed by atoms with Gasteiger partial charge in [0.05, 0.1) is 7.11 Å². The van der Waals surface area contributed by atoms with Crippen LogP contribution in [0.5, 0.6) is 5.75 Å². The van der Waals surface area contributed by atoms with Crippen LogP contribution in [0, 0.1) is 0 Å². The Kier molecular flexibility index (Phi) is 5.37. The van der Waals surface area contributed by atoms with Gasteiger partial charge in [0, 0.05) is 50.2 Å². The molecule has 0 aromatic heterocycles. The fourth-order valence-corrected chi connectivity index (χ4v) is 4.19. The molecule has 2 fully saturated rings. The molecular formula is C22H27N3O3. The number of carbonyl (C=O) groups excluding carboxylic acids is 2. The number of piperazine rings is 1. The van der Waals surface area contributed by atoms with E-state index >= 15 is 0 Å². The Morgan fingerprint density at radius 3 is 2.04 bits per heavy atom. The van der Waals surface area contributed by atoms with E-state index in [1.165, 1.54) is 6.42 Å². The molecule has 0 saturated carbocycles. The number of nitrogens with zero attached hydrogens (tertiary/aromatic N) is 3. The summed E-state index contributed by atoms with van der Waals surface area (Å²) in [7, 11) is 1.64. The van der Waals surface area contributed by atoms with Crippen molar-refractivity contribution in [2.75, 3.05) is 46.4 Å². The van der Waals surface area contributed by atoms with Gasteiger partial charge in [-0.1, -0.05) is 24.3 Å². The van der Waals surface area contributed by atoms with Crippen LogP contribution in [-0.4, -0.2) is 73.0 Å². The second kappa shape index (κ2) is 8.09. The van der Waals surface area contributed by atoms with E-state index in [-0.39, 0.29) is 11.9 Å². The number of likely N-dealkylation sites (tertiary alicyclic amines) is 1. The second-order valence-corrected chi connectivity index (χ2v) is 7.47. The van der Waals surface area contributed by atoms with Crippen LogP contribution in [0.25, 0.3) is 10.8 Å². The molecule has 2 aromatic rings. The largest absolute Gasteiger partial charge is 0.496 e. The van der Waals surface area contributed by atoms with Crippen molar-refractivity contribution >= 4 is 22.7 Å². The molecule has 2 heterocycles. The number of amides is 3. The summed E-state index contributed by atoms with van der Waals surface area (Å²) in [6, 6.07) is 11.6. The first kappa shape index (κ1) is 18.6. The lowest BCUT2D eigenvalue weighted by Gasteiger charge is -2.38. The maximum absolute atomic E-state index is 13.2. The number of hydrogen-bond acceptors (Lipinski definition) is 3. The van der Waals surface area contributed by atoms with Crippen molar-refractivity contribution < 1.29 is 14.3 Å². The van der Waals surface area contributed by atoms with Crippen LogP contribution in [-0.2, 0) is 0 Å². The molecule has 0 radical (unpaired) electrons. The number of rotatable bonds is 2. The van der Waals surface area contributed by atoms with E-state index in [4.69, 9.17) is 4.74 Å². The van der Waals surface area contributed by atoms with Gasteiger partial charge in [0.1, 0.15) is 5.75 Å². The topological polar surface area (TPSA) is 53.1 Å². The average molecular weight is 381 g/mol. The van der Waals surface area contributed by atoms with E-state index in [1.54, 1.807) is 7.11 Å². The molecule has 0 N–H and O–H groups in total. The molecule has 0 aliphatic carbocycles. The lowest BCUT2D eigenvalue weighted by Crippen LogP contribution is -2.54. The summed E-state index contributed by atoms with van der Waals surface area (Å²) in [6.07, 6.45) is 3.39. The Labute approximate surface area is 165 Å². The summed E-state index contributed by atoms with van der Waals surface area (Å²) in [4.78, 5) is 31.5. The minimum Gasteiger partial charge on any atom is -0.496 e. The van der Waals surface area contributed by atoms with Crippen LogP contribution < -0.4 is 4.74 Å². The lowest BCUT2D eigenvalue weighted by atomic mass is 10.0. The van der Waals surface area contributed by atoms with E-state index in [1.807, 2.05) is 51.1 Å². The van der Waals surface area contributed by atoms with Crippen molar-refractivity contribution in [1.29, 1.82) is 0 Å². The zero-order chi connectivity index (χ0) is 19.5. The van der Waals surface area contributed by atoms with Gasteiger partial charge in [0.2, 0.25) is 0 Å². The predicted octanol–water partition coefficient (Wildman–Crippen LogP) is 3.21. The van der Waals surface area contributed by atoms with Gasteiger partial charge in [0.25, 0.3) is 5.91 Å². The van der Waals surface area contributed by atoms with Gasteiger partial charge in [-0.15, -0.1) is 0 Å². The van der Waals surface area contributed by atoms with Crippen molar-refractivity contribution in [2.24, 2.45) is 0 Å². The zero-order valence-corrected chi connectivity index (χ0v) is 16.4. The number of ether oxygens (including phenoxy) is 1. The number of piperidine rings is 1. The summed E-state index contributed by atoms with van der Waals surface area (Å²) in [5.74, 6) is 0.785. The van der Waals surface area contributed by atoms with Gasteiger partial charge in [-0.05, 0) is 36.8 Å². The number of hydrogen-bond donors (Lipinski definition) is 0. The van der Waals surface area contributed by atoms with Gasteiger partial charge in [0.15, 0.2) is 0 Å². The van der Waals surface area contributed by atoms with E-state index < -0.39 is 0 Å². The first-order valence-corrected chi connectivity index (χ1v) is 10.1. The van der Waals surface area contributed by atoms with Crippen molar-refractivity contribution in [3.05, 3.63) is 42.0 Å². The van der Waals surface area contributed by atoms with E-state index in [0.717, 1.165) is 42.5 Å². The van der Waals surface area contributed by atoms with E-state index in [0.29, 0.717) is 31.7 Å². The molecule has 2 saturated heterocycles. The predicted molar refractivity (Wildman–Crippen MR) is 109 cm³/mol. The van der Waals surface area contributed by atoms with Gasteiger partial charge in [-0.25, -0.2) is 4.79 Å². The molecule has 6 nitrogen and oxygen atoms in total. The molecule has 0 spiro atoms. The molecule has 2 aliphatic rings. The maximum Gasteiger partial charge on any atom is 0.320 e. The second-order valence-electron chi connectivity index (χ2n) is 7.47. The molecule has 148 valence electrons. The van der Waals surface area contributed by atoms with Gasteiger partial charge in [-0.3, -0.25) is 4.79 Å². The number of methoxy groups -OCH3 is 1. The van der Waals surface area contributed by atoms with Crippen LogP contribution >= 0.6 is 0 Å². The minimum absolute atomic E-state index is 0.0175. The Morgan fingerprint density at radius 2 is 1.36 bits per heavy atom. The van der Waals surface area contributed by atoms with Crippen LogP contribution in [0.3, 0.4) is 0 Å². The number of carbonyl (C=O) groups is 2. The molecule has 4 rings (SSSR count). The Balaban J connectivity index is 1.46. The highest BCUT2D eigenvalue weighted by Gasteiger charge is 2.28. The first-order chi connectivity index (χ1) is 13.7. The van der Waals surface area contributed by atoms with Crippen LogP contribution in [0.4, 0.5) is 4.79 Å². The summed E-state index contributed by atoms with van der Waals surface area (Å²) in [5.41, 5.74) is 0.687. The Morgan fingerprint density at radius 1 is 0.750 bits per heavy atom. The van der Waals surface area contributed by atoms with Gasteiger partial charge >= 0.3 is 6.03 Å². The average Bonchev–Trinajstić information content (AvgIpc) is 2.78. The molecule has 2 aliphatic heterocycles. The van der Waals surface area contributed by atoms with Crippen LogP contribution in [0.15, 0.2) is 36.4 Å². The van der Waals surface area contributed by atoms with Crippen molar-refractivity contribution in [3.8, 4) is 5.75 Å². The molecule has 0 unspecified atom stereocenters. The maximum atomic E-state index is 13.2. The number of fused-ring (bicyclic) bond motifs is 1. The first-order valence-electron chi connectivity index (χ1n) is 10.1. The van der Waals surface area contributed by atoms with Crippen LogP contribution in [0.2, 0.25) is 0 Å². The zero-order valence-electron chi connectivity index (χ0n) is 16.4. The number of urea groups is 1. The highest BCUT2D eigenvalue weighted by atomic mass is 16.5. The van der Waals surface area contributed by atoms with Crippen molar-refractivity contribution in [1.82, 2.24) is 14.7 Å². The van der Waals surface area contributed by atoms with Crippen molar-refractivity contribution in [2.45, 2.75) is 19.3 Å². The number of benzene rings is 2. The highest BCUT2D eigenvalue weighted by molar-refractivity contribution is 6.08. The summed E-state index contributed by atoms with van der Waals surface area (Å²) in [6.45, 7) is 4.04. The third kappa shape index (κ3) is 3.51. The Bertz CT molecular complexity index is 868. The Hall–Kier alpha value is -2.76. The monoisotopic (exact) mass is 381 g/mol. The van der Waals surface area contributed by atoms with Crippen LogP contribution in [0.1, 0.15) is 29.6 Å². The van der Waals surface area contributed by atoms with E-state index in [2.05, 4.69) is 0 Å². The molecule has 2 aromatic carbocycles. The van der Waals surface area contributed by atoms with Gasteiger partial charge in [-0.2, -0.15) is 0 Å². The third-order valence-electron chi connectivity index (χ3n) is 5.80. The molecule has 3 amide bonds. The quantitative estimate of drug-likeness (QED) is 0.803. The molecule has 0 bridgehead atoms. The lowest BCUT2D eigenvalue weighted by molar-refractivity contribution is 0.0635. The van der Waals surface area contributed by atoms with E-state index in [9.17, 15) is 9.59 Å². The molecular weight excluding hydrogens is 354 g/mol. The van der Waals surface area contributed by atoms with Gasteiger partial charge < -0.3 is 19.4 Å². The normalized spacial score (nSPS) is 17.7. The SMILES string of the molecule is COc1ccc(C(=O)N2CCN(C(=O)N3CCCCC3)CC2)c2ccccc12. The summed E-state index contributed by atoms with van der Waals surface area (Å²) >= 11 is 0. The highest BCUT2D eigenvalue weighted by Crippen LogP contribution is 2.29.